The van der Waals surface area contributed by atoms with Crippen molar-refractivity contribution in [1.82, 2.24) is 20.6 Å². The van der Waals surface area contributed by atoms with Crippen molar-refractivity contribution in [2.75, 3.05) is 6.54 Å². The number of benzene rings is 1. The van der Waals surface area contributed by atoms with Crippen molar-refractivity contribution in [2.24, 2.45) is 0 Å². The Kier molecular flexibility index (Phi) is 4.92. The van der Waals surface area contributed by atoms with E-state index in [1.807, 2.05) is 0 Å². The number of rotatable bonds is 6. The second-order valence-corrected chi connectivity index (χ2v) is 4.44. The number of aromatic nitrogens is 2. The third kappa shape index (κ3) is 4.64. The Balaban J connectivity index is 1.73. The molecule has 0 radical (unpaired) electrons. The first-order valence-electron chi connectivity index (χ1n) is 6.46. The second-order valence-electron chi connectivity index (χ2n) is 4.44. The molecule has 0 atom stereocenters. The molecule has 0 spiro atoms. The van der Waals surface area contributed by atoms with Crippen LogP contribution in [0.1, 0.15) is 21.6 Å². The van der Waals surface area contributed by atoms with Crippen LogP contribution in [0.15, 0.2) is 36.8 Å². The SMILES string of the molecule is O=C(NCCc1cnc[nH]1)NCc1cccc(C(=O)O)c1. The minimum atomic E-state index is -0.985. The van der Waals surface area contributed by atoms with E-state index in [2.05, 4.69) is 20.6 Å². The topological polar surface area (TPSA) is 107 Å². The molecule has 0 aliphatic rings. The molecule has 0 aliphatic carbocycles. The van der Waals surface area contributed by atoms with E-state index in [0.717, 1.165) is 11.3 Å². The molecule has 110 valence electrons. The molecule has 7 nitrogen and oxygen atoms in total. The summed E-state index contributed by atoms with van der Waals surface area (Å²) in [4.78, 5) is 29.3. The number of hydrogen-bond acceptors (Lipinski definition) is 3. The Labute approximate surface area is 121 Å². The van der Waals surface area contributed by atoms with Gasteiger partial charge in [0.1, 0.15) is 0 Å². The molecule has 0 saturated heterocycles. The first-order valence-corrected chi connectivity index (χ1v) is 6.46. The summed E-state index contributed by atoms with van der Waals surface area (Å²) in [7, 11) is 0. The molecule has 2 rings (SSSR count). The molecule has 4 N–H and O–H groups in total. The normalized spacial score (nSPS) is 10.1. The Hall–Kier alpha value is -2.83. The van der Waals surface area contributed by atoms with Crippen molar-refractivity contribution in [3.63, 3.8) is 0 Å². The number of carbonyl (C=O) groups excluding carboxylic acids is 1. The third-order valence-corrected chi connectivity index (χ3v) is 2.86. The van der Waals surface area contributed by atoms with Gasteiger partial charge in [0.15, 0.2) is 0 Å². The maximum atomic E-state index is 11.6. The lowest BCUT2D eigenvalue weighted by atomic mass is 10.1. The number of aromatic carboxylic acids is 1. The smallest absolute Gasteiger partial charge is 0.335 e. The molecule has 0 unspecified atom stereocenters. The van der Waals surface area contributed by atoms with Crippen molar-refractivity contribution in [3.05, 3.63) is 53.6 Å². The van der Waals surface area contributed by atoms with Crippen LogP contribution < -0.4 is 10.6 Å². The molecule has 2 aromatic rings. The van der Waals surface area contributed by atoms with Gasteiger partial charge in [-0.05, 0) is 17.7 Å². The molecule has 0 fully saturated rings. The fraction of sp³-hybridized carbons (Fsp3) is 0.214. The summed E-state index contributed by atoms with van der Waals surface area (Å²) < 4.78 is 0. The van der Waals surface area contributed by atoms with E-state index in [1.165, 1.54) is 12.1 Å². The van der Waals surface area contributed by atoms with Gasteiger partial charge in [0.2, 0.25) is 0 Å². The summed E-state index contributed by atoms with van der Waals surface area (Å²) in [5, 5.41) is 14.3. The first-order chi connectivity index (χ1) is 10.1. The molecular weight excluding hydrogens is 272 g/mol. The summed E-state index contributed by atoms with van der Waals surface area (Å²) in [6, 6.07) is 6.16. The number of nitrogens with one attached hydrogen (secondary N) is 3. The maximum absolute atomic E-state index is 11.6. The predicted molar refractivity (Wildman–Crippen MR) is 75.9 cm³/mol. The summed E-state index contributed by atoms with van der Waals surface area (Å²) in [6.07, 6.45) is 3.96. The van der Waals surface area contributed by atoms with Crippen molar-refractivity contribution in [3.8, 4) is 0 Å². The van der Waals surface area contributed by atoms with Crippen LogP contribution in [-0.2, 0) is 13.0 Å². The lowest BCUT2D eigenvalue weighted by Crippen LogP contribution is -2.36. The van der Waals surface area contributed by atoms with E-state index in [4.69, 9.17) is 5.11 Å². The van der Waals surface area contributed by atoms with E-state index in [1.54, 1.807) is 24.7 Å². The lowest BCUT2D eigenvalue weighted by Gasteiger charge is -2.07. The van der Waals surface area contributed by atoms with E-state index in [-0.39, 0.29) is 18.1 Å². The number of carboxylic acids is 1. The molecule has 7 heteroatoms. The highest BCUT2D eigenvalue weighted by atomic mass is 16.4. The van der Waals surface area contributed by atoms with E-state index >= 15 is 0 Å². The van der Waals surface area contributed by atoms with Gasteiger partial charge in [-0.1, -0.05) is 12.1 Å². The van der Waals surface area contributed by atoms with Crippen molar-refractivity contribution >= 4 is 12.0 Å². The molecule has 1 aromatic heterocycles. The number of carboxylic acid groups (broad SMARTS) is 1. The van der Waals surface area contributed by atoms with Gasteiger partial charge in [-0.3, -0.25) is 0 Å². The number of aromatic amines is 1. The van der Waals surface area contributed by atoms with Gasteiger partial charge < -0.3 is 20.7 Å². The number of nitrogens with zero attached hydrogens (tertiary/aromatic N) is 1. The summed E-state index contributed by atoms with van der Waals surface area (Å²) in [5.74, 6) is -0.985. The quantitative estimate of drug-likeness (QED) is 0.639. The molecule has 1 heterocycles. The zero-order chi connectivity index (χ0) is 15.1. The van der Waals surface area contributed by atoms with Gasteiger partial charge in [0, 0.05) is 31.4 Å². The molecule has 0 aliphatic heterocycles. The average molecular weight is 288 g/mol. The Morgan fingerprint density at radius 2 is 2.14 bits per heavy atom. The summed E-state index contributed by atoms with van der Waals surface area (Å²) in [6.45, 7) is 0.764. The van der Waals surface area contributed by atoms with Gasteiger partial charge in [0.25, 0.3) is 0 Å². The number of hydrogen-bond donors (Lipinski definition) is 4. The van der Waals surface area contributed by atoms with Crippen LogP contribution in [0, 0.1) is 0 Å². The van der Waals surface area contributed by atoms with Gasteiger partial charge in [-0.2, -0.15) is 0 Å². The first kappa shape index (κ1) is 14.6. The van der Waals surface area contributed by atoms with Crippen molar-refractivity contribution in [2.45, 2.75) is 13.0 Å². The van der Waals surface area contributed by atoms with Crippen LogP contribution in [0.3, 0.4) is 0 Å². The molecule has 1 aromatic carbocycles. The standard InChI is InChI=1S/C14H16N4O3/c19-13(20)11-3-1-2-10(6-11)7-17-14(21)16-5-4-12-8-15-9-18-12/h1-3,6,8-9H,4-5,7H2,(H,15,18)(H,19,20)(H2,16,17,21). The molecule has 21 heavy (non-hydrogen) atoms. The van der Waals surface area contributed by atoms with E-state index in [0.29, 0.717) is 13.0 Å². The molecular formula is C14H16N4O3. The zero-order valence-electron chi connectivity index (χ0n) is 11.3. The summed E-state index contributed by atoms with van der Waals surface area (Å²) in [5.41, 5.74) is 1.89. The van der Waals surface area contributed by atoms with Crippen molar-refractivity contribution < 1.29 is 14.7 Å². The highest BCUT2D eigenvalue weighted by Crippen LogP contribution is 2.04. The lowest BCUT2D eigenvalue weighted by molar-refractivity contribution is 0.0696. The summed E-state index contributed by atoms with van der Waals surface area (Å²) >= 11 is 0. The van der Waals surface area contributed by atoms with Gasteiger partial charge in [0.05, 0.1) is 11.9 Å². The van der Waals surface area contributed by atoms with Crippen LogP contribution in [0.5, 0.6) is 0 Å². The maximum Gasteiger partial charge on any atom is 0.335 e. The Morgan fingerprint density at radius 3 is 2.86 bits per heavy atom. The number of urea groups is 1. The van der Waals surface area contributed by atoms with Gasteiger partial charge in [-0.15, -0.1) is 0 Å². The van der Waals surface area contributed by atoms with E-state index < -0.39 is 5.97 Å². The zero-order valence-corrected chi connectivity index (χ0v) is 11.3. The van der Waals surface area contributed by atoms with Crippen molar-refractivity contribution in [1.29, 1.82) is 0 Å². The van der Waals surface area contributed by atoms with E-state index in [9.17, 15) is 9.59 Å². The highest BCUT2D eigenvalue weighted by Gasteiger charge is 2.04. The molecule has 0 saturated carbocycles. The largest absolute Gasteiger partial charge is 0.478 e. The molecule has 2 amide bonds. The second kappa shape index (κ2) is 7.09. The fourth-order valence-corrected chi connectivity index (χ4v) is 1.79. The van der Waals surface area contributed by atoms with Crippen LogP contribution >= 0.6 is 0 Å². The van der Waals surface area contributed by atoms with Gasteiger partial charge in [-0.25, -0.2) is 14.6 Å². The number of H-pyrrole nitrogens is 1. The minimum Gasteiger partial charge on any atom is -0.478 e. The number of imidazole rings is 1. The Bertz CT molecular complexity index is 610. The highest BCUT2D eigenvalue weighted by molar-refractivity contribution is 5.87. The Morgan fingerprint density at radius 1 is 1.29 bits per heavy atom. The molecule has 0 bridgehead atoms. The minimum absolute atomic E-state index is 0.203. The van der Waals surface area contributed by atoms with Crippen LogP contribution in [0.25, 0.3) is 0 Å². The number of amides is 2. The number of carbonyl (C=O) groups is 2. The van der Waals surface area contributed by atoms with Crippen LogP contribution in [-0.4, -0.2) is 33.6 Å². The fourth-order valence-electron chi connectivity index (χ4n) is 1.79. The predicted octanol–water partition coefficient (Wildman–Crippen LogP) is 1.15. The van der Waals surface area contributed by atoms with Gasteiger partial charge >= 0.3 is 12.0 Å². The third-order valence-electron chi connectivity index (χ3n) is 2.86. The van der Waals surface area contributed by atoms with Crippen LogP contribution in [0.4, 0.5) is 4.79 Å². The average Bonchev–Trinajstić information content (AvgIpc) is 2.99. The van der Waals surface area contributed by atoms with Crippen LogP contribution in [0.2, 0.25) is 0 Å². The monoisotopic (exact) mass is 288 g/mol.